The second-order valence-corrected chi connectivity index (χ2v) is 6.03. The van der Waals surface area contributed by atoms with Gasteiger partial charge in [-0.15, -0.1) is 0 Å². The number of hydrogen-bond donors (Lipinski definition) is 0. The summed E-state index contributed by atoms with van der Waals surface area (Å²) in [5.41, 5.74) is 5.96. The molecular formula is C20H17N3. The van der Waals surface area contributed by atoms with Crippen molar-refractivity contribution in [1.82, 2.24) is 9.55 Å². The lowest BCUT2D eigenvalue weighted by Crippen LogP contribution is -1.90. The highest BCUT2D eigenvalue weighted by molar-refractivity contribution is 5.77. The van der Waals surface area contributed by atoms with E-state index < -0.39 is 0 Å². The van der Waals surface area contributed by atoms with Crippen molar-refractivity contribution >= 4 is 0 Å². The minimum Gasteiger partial charge on any atom is -0.334 e. The summed E-state index contributed by atoms with van der Waals surface area (Å²) in [5, 5.41) is 9.58. The first-order valence-corrected chi connectivity index (χ1v) is 7.93. The van der Waals surface area contributed by atoms with E-state index in [1.807, 2.05) is 24.3 Å². The van der Waals surface area contributed by atoms with Gasteiger partial charge in [0.25, 0.3) is 0 Å². The second-order valence-electron chi connectivity index (χ2n) is 6.03. The molecule has 0 N–H and O–H groups in total. The van der Waals surface area contributed by atoms with Crippen LogP contribution >= 0.6 is 0 Å². The zero-order chi connectivity index (χ0) is 15.8. The Bertz CT molecular complexity index is 907. The normalized spacial score (nSPS) is 12.9. The molecule has 3 heteroatoms. The fraction of sp³-hybridized carbons (Fsp3) is 0.200. The van der Waals surface area contributed by atoms with Gasteiger partial charge in [-0.25, -0.2) is 4.98 Å². The van der Waals surface area contributed by atoms with Crippen molar-refractivity contribution in [1.29, 1.82) is 5.26 Å². The predicted molar refractivity (Wildman–Crippen MR) is 90.9 cm³/mol. The van der Waals surface area contributed by atoms with Gasteiger partial charge in [-0.2, -0.15) is 5.26 Å². The highest BCUT2D eigenvalue weighted by Crippen LogP contribution is 2.31. The summed E-state index contributed by atoms with van der Waals surface area (Å²) in [6, 6.07) is 16.6. The molecule has 3 nitrogen and oxygen atoms in total. The third kappa shape index (κ3) is 2.33. The van der Waals surface area contributed by atoms with Gasteiger partial charge in [0.2, 0.25) is 0 Å². The SMILES string of the molecule is Cc1ccccc1-c1ccc(-c2cn3c(n2)CCC3)cc1C#N. The molecule has 0 aliphatic carbocycles. The topological polar surface area (TPSA) is 41.6 Å². The van der Waals surface area contributed by atoms with Gasteiger partial charge in [0.1, 0.15) is 5.82 Å². The molecule has 1 aromatic heterocycles. The summed E-state index contributed by atoms with van der Waals surface area (Å²) < 4.78 is 2.22. The van der Waals surface area contributed by atoms with Gasteiger partial charge in [0, 0.05) is 24.7 Å². The maximum absolute atomic E-state index is 9.58. The standard InChI is InChI=1S/C20H17N3/c1-14-5-2-3-6-17(14)18-9-8-15(11-16(18)12-21)19-13-23-10-4-7-20(23)22-19/h2-3,5-6,8-9,11,13H,4,7,10H2,1H3. The van der Waals surface area contributed by atoms with E-state index in [9.17, 15) is 5.26 Å². The van der Waals surface area contributed by atoms with Gasteiger partial charge < -0.3 is 4.57 Å². The van der Waals surface area contributed by atoms with Gasteiger partial charge in [0.05, 0.1) is 17.3 Å². The Morgan fingerprint density at radius 2 is 2.00 bits per heavy atom. The van der Waals surface area contributed by atoms with Crippen molar-refractivity contribution in [3.63, 3.8) is 0 Å². The summed E-state index contributed by atoms with van der Waals surface area (Å²) in [6.07, 6.45) is 4.33. The number of nitriles is 1. The molecule has 1 aliphatic heterocycles. The van der Waals surface area contributed by atoms with Crippen LogP contribution in [0.1, 0.15) is 23.4 Å². The molecule has 0 spiro atoms. The number of rotatable bonds is 2. The van der Waals surface area contributed by atoms with Crippen LogP contribution in [-0.2, 0) is 13.0 Å². The summed E-state index contributed by atoms with van der Waals surface area (Å²) in [7, 11) is 0. The average Bonchev–Trinajstić information content (AvgIpc) is 3.16. The van der Waals surface area contributed by atoms with Crippen LogP contribution in [0.2, 0.25) is 0 Å². The molecular weight excluding hydrogens is 282 g/mol. The van der Waals surface area contributed by atoms with E-state index >= 15 is 0 Å². The predicted octanol–water partition coefficient (Wildman–Crippen LogP) is 4.34. The molecule has 0 amide bonds. The van der Waals surface area contributed by atoms with Crippen LogP contribution in [0.5, 0.6) is 0 Å². The molecule has 0 radical (unpaired) electrons. The number of fused-ring (bicyclic) bond motifs is 1. The van der Waals surface area contributed by atoms with Gasteiger partial charge in [0.15, 0.2) is 0 Å². The van der Waals surface area contributed by atoms with E-state index in [4.69, 9.17) is 4.98 Å². The van der Waals surface area contributed by atoms with Crippen LogP contribution < -0.4 is 0 Å². The highest BCUT2D eigenvalue weighted by Gasteiger charge is 2.16. The molecule has 0 unspecified atom stereocenters. The largest absolute Gasteiger partial charge is 0.334 e. The lowest BCUT2D eigenvalue weighted by atomic mass is 9.94. The Morgan fingerprint density at radius 3 is 2.78 bits per heavy atom. The Labute approximate surface area is 135 Å². The highest BCUT2D eigenvalue weighted by atomic mass is 15.1. The molecule has 3 aromatic rings. The molecule has 0 atom stereocenters. The van der Waals surface area contributed by atoms with Crippen LogP contribution in [0.15, 0.2) is 48.7 Å². The molecule has 112 valence electrons. The van der Waals surface area contributed by atoms with E-state index in [0.29, 0.717) is 5.56 Å². The fourth-order valence-corrected chi connectivity index (χ4v) is 3.30. The van der Waals surface area contributed by atoms with Gasteiger partial charge in [-0.1, -0.05) is 36.4 Å². The van der Waals surface area contributed by atoms with E-state index in [2.05, 4.69) is 42.0 Å². The molecule has 2 aromatic carbocycles. The summed E-state index contributed by atoms with van der Waals surface area (Å²) >= 11 is 0. The molecule has 23 heavy (non-hydrogen) atoms. The number of hydrogen-bond acceptors (Lipinski definition) is 2. The van der Waals surface area contributed by atoms with Crippen molar-refractivity contribution in [2.75, 3.05) is 0 Å². The van der Waals surface area contributed by atoms with E-state index in [-0.39, 0.29) is 0 Å². The van der Waals surface area contributed by atoms with Crippen molar-refractivity contribution in [3.8, 4) is 28.5 Å². The first kappa shape index (κ1) is 13.8. The maximum atomic E-state index is 9.58. The monoisotopic (exact) mass is 299 g/mol. The van der Waals surface area contributed by atoms with Crippen LogP contribution in [-0.4, -0.2) is 9.55 Å². The number of imidazole rings is 1. The molecule has 0 fully saturated rings. The Kier molecular flexibility index (Phi) is 3.24. The summed E-state index contributed by atoms with van der Waals surface area (Å²) in [4.78, 5) is 4.71. The summed E-state index contributed by atoms with van der Waals surface area (Å²) in [5.74, 6) is 1.15. The number of aromatic nitrogens is 2. The quantitative estimate of drug-likeness (QED) is 0.706. The van der Waals surface area contributed by atoms with Crippen LogP contribution in [0, 0.1) is 18.3 Å². The van der Waals surface area contributed by atoms with E-state index in [0.717, 1.165) is 41.2 Å². The molecule has 2 heterocycles. The molecule has 0 saturated carbocycles. The number of aryl methyl sites for hydroxylation is 3. The van der Waals surface area contributed by atoms with Crippen LogP contribution in [0.25, 0.3) is 22.4 Å². The first-order chi connectivity index (χ1) is 11.3. The van der Waals surface area contributed by atoms with Crippen molar-refractivity contribution < 1.29 is 0 Å². The van der Waals surface area contributed by atoms with E-state index in [1.165, 1.54) is 12.0 Å². The average molecular weight is 299 g/mol. The third-order valence-corrected chi connectivity index (χ3v) is 4.53. The van der Waals surface area contributed by atoms with E-state index in [1.54, 1.807) is 0 Å². The van der Waals surface area contributed by atoms with Crippen molar-refractivity contribution in [2.24, 2.45) is 0 Å². The summed E-state index contributed by atoms with van der Waals surface area (Å²) in [6.45, 7) is 3.12. The third-order valence-electron chi connectivity index (χ3n) is 4.53. The van der Waals surface area contributed by atoms with Crippen molar-refractivity contribution in [2.45, 2.75) is 26.3 Å². The lowest BCUT2D eigenvalue weighted by molar-refractivity contribution is 0.750. The molecule has 1 aliphatic rings. The molecule has 0 saturated heterocycles. The maximum Gasteiger partial charge on any atom is 0.109 e. The Morgan fingerprint density at radius 1 is 1.13 bits per heavy atom. The Balaban J connectivity index is 1.80. The molecule has 0 bridgehead atoms. The number of benzene rings is 2. The smallest absolute Gasteiger partial charge is 0.109 e. The zero-order valence-corrected chi connectivity index (χ0v) is 13.1. The first-order valence-electron chi connectivity index (χ1n) is 7.93. The minimum atomic E-state index is 0.699. The van der Waals surface area contributed by atoms with Gasteiger partial charge in [-0.05, 0) is 36.1 Å². The Hall–Kier alpha value is -2.86. The van der Waals surface area contributed by atoms with Gasteiger partial charge in [-0.3, -0.25) is 0 Å². The van der Waals surface area contributed by atoms with Crippen LogP contribution in [0.4, 0.5) is 0 Å². The second kappa shape index (κ2) is 5.40. The zero-order valence-electron chi connectivity index (χ0n) is 13.1. The van der Waals surface area contributed by atoms with Gasteiger partial charge >= 0.3 is 0 Å². The molecule has 4 rings (SSSR count). The number of nitrogens with zero attached hydrogens (tertiary/aromatic N) is 3. The van der Waals surface area contributed by atoms with Crippen molar-refractivity contribution in [3.05, 3.63) is 65.6 Å². The lowest BCUT2D eigenvalue weighted by Gasteiger charge is -2.09. The van der Waals surface area contributed by atoms with Crippen LogP contribution in [0.3, 0.4) is 0 Å². The minimum absolute atomic E-state index is 0.699. The fourth-order valence-electron chi connectivity index (χ4n) is 3.30.